The van der Waals surface area contributed by atoms with Crippen LogP contribution in [0.4, 0.5) is 10.1 Å². The number of aliphatic hydroxyl groups is 1. The molecule has 0 aliphatic heterocycles. The topological polar surface area (TPSA) is 23.5 Å². The molecule has 2 aromatic carbocycles. The maximum absolute atomic E-state index is 13.5. The van der Waals surface area contributed by atoms with Crippen LogP contribution in [0.25, 0.3) is 0 Å². The molecule has 2 nitrogen and oxygen atoms in total. The van der Waals surface area contributed by atoms with Gasteiger partial charge in [0.15, 0.2) is 0 Å². The molecule has 0 radical (unpaired) electrons. The van der Waals surface area contributed by atoms with Crippen LogP contribution in [0, 0.1) is 12.7 Å². The first-order valence-corrected chi connectivity index (χ1v) is 6.26. The molecule has 0 unspecified atom stereocenters. The molecule has 0 spiro atoms. The molecule has 0 aromatic heterocycles. The van der Waals surface area contributed by atoms with Crippen LogP contribution in [-0.2, 0) is 13.2 Å². The third-order valence-electron chi connectivity index (χ3n) is 3.23. The summed E-state index contributed by atoms with van der Waals surface area (Å²) in [5, 5.41) is 9.12. The fourth-order valence-corrected chi connectivity index (χ4v) is 2.08. The van der Waals surface area contributed by atoms with Gasteiger partial charge in [0.2, 0.25) is 0 Å². The molecule has 2 aromatic rings. The number of aliphatic hydroxyl groups excluding tert-OH is 1. The van der Waals surface area contributed by atoms with Crippen molar-refractivity contribution in [3.63, 3.8) is 0 Å². The molecule has 0 aliphatic rings. The maximum Gasteiger partial charge on any atom is 0.125 e. The maximum atomic E-state index is 13.5. The van der Waals surface area contributed by atoms with Crippen LogP contribution in [-0.4, -0.2) is 12.2 Å². The molecule has 0 saturated carbocycles. The van der Waals surface area contributed by atoms with E-state index >= 15 is 0 Å². The first-order chi connectivity index (χ1) is 9.10. The normalized spacial score (nSPS) is 10.5. The zero-order valence-corrected chi connectivity index (χ0v) is 11.2. The van der Waals surface area contributed by atoms with Crippen molar-refractivity contribution in [2.24, 2.45) is 0 Å². The van der Waals surface area contributed by atoms with Gasteiger partial charge < -0.3 is 10.0 Å². The number of rotatable bonds is 4. The first kappa shape index (κ1) is 13.6. The van der Waals surface area contributed by atoms with Gasteiger partial charge >= 0.3 is 0 Å². The first-order valence-electron chi connectivity index (χ1n) is 6.26. The fraction of sp³-hybridized carbons (Fsp3) is 0.250. The van der Waals surface area contributed by atoms with E-state index in [1.807, 2.05) is 24.1 Å². The smallest absolute Gasteiger partial charge is 0.125 e. The van der Waals surface area contributed by atoms with Gasteiger partial charge in [-0.15, -0.1) is 0 Å². The van der Waals surface area contributed by atoms with E-state index in [1.165, 1.54) is 23.3 Å². The minimum Gasteiger partial charge on any atom is -0.392 e. The van der Waals surface area contributed by atoms with Gasteiger partial charge in [-0.05, 0) is 41.8 Å². The summed E-state index contributed by atoms with van der Waals surface area (Å²) in [6.07, 6.45) is 0. The number of anilines is 1. The number of aryl methyl sites for hydroxylation is 1. The van der Waals surface area contributed by atoms with Crippen molar-refractivity contribution < 1.29 is 9.50 Å². The summed E-state index contributed by atoms with van der Waals surface area (Å²) in [5.74, 6) is -0.321. The van der Waals surface area contributed by atoms with E-state index in [2.05, 4.69) is 19.1 Å². The third kappa shape index (κ3) is 3.32. The SMILES string of the molecule is Cc1ccccc1CN(C)c1cc(F)cc(CO)c1. The van der Waals surface area contributed by atoms with Gasteiger partial charge in [0.1, 0.15) is 5.82 Å². The molecule has 0 saturated heterocycles. The van der Waals surface area contributed by atoms with Crippen molar-refractivity contribution in [3.8, 4) is 0 Å². The lowest BCUT2D eigenvalue weighted by molar-refractivity contribution is 0.281. The quantitative estimate of drug-likeness (QED) is 0.911. The molecule has 0 aliphatic carbocycles. The number of nitrogens with zero attached hydrogens (tertiary/aromatic N) is 1. The Bertz CT molecular complexity index is 568. The summed E-state index contributed by atoms with van der Waals surface area (Å²) >= 11 is 0. The van der Waals surface area contributed by atoms with E-state index in [4.69, 9.17) is 5.11 Å². The standard InChI is InChI=1S/C16H18FNO/c1-12-5-3-4-6-14(12)10-18(2)16-8-13(11-19)7-15(17)9-16/h3-9,19H,10-11H2,1-2H3. The van der Waals surface area contributed by atoms with Crippen LogP contribution in [0.5, 0.6) is 0 Å². The Balaban J connectivity index is 2.22. The summed E-state index contributed by atoms with van der Waals surface area (Å²) in [5.41, 5.74) is 3.78. The van der Waals surface area contributed by atoms with Gasteiger partial charge in [-0.2, -0.15) is 0 Å². The molecule has 0 bridgehead atoms. The van der Waals surface area contributed by atoms with Crippen LogP contribution >= 0.6 is 0 Å². The predicted octanol–water partition coefficient (Wildman–Crippen LogP) is 3.26. The molecule has 1 N–H and O–H groups in total. The minimum absolute atomic E-state index is 0.150. The molecule has 0 atom stereocenters. The highest BCUT2D eigenvalue weighted by Gasteiger charge is 2.07. The van der Waals surface area contributed by atoms with Crippen molar-refractivity contribution in [2.75, 3.05) is 11.9 Å². The van der Waals surface area contributed by atoms with Gasteiger partial charge in [0, 0.05) is 19.3 Å². The zero-order valence-electron chi connectivity index (χ0n) is 11.2. The summed E-state index contributed by atoms with van der Waals surface area (Å²) in [6.45, 7) is 2.62. The lowest BCUT2D eigenvalue weighted by Gasteiger charge is -2.21. The minimum atomic E-state index is -0.321. The second kappa shape index (κ2) is 5.85. The second-order valence-corrected chi connectivity index (χ2v) is 4.76. The molecular weight excluding hydrogens is 241 g/mol. The summed E-state index contributed by atoms with van der Waals surface area (Å²) in [4.78, 5) is 1.98. The number of halogens is 1. The summed E-state index contributed by atoms with van der Waals surface area (Å²) < 4.78 is 13.5. The lowest BCUT2D eigenvalue weighted by Crippen LogP contribution is -2.17. The Kier molecular flexibility index (Phi) is 4.17. The van der Waals surface area contributed by atoms with E-state index in [1.54, 1.807) is 6.07 Å². The molecule has 100 valence electrons. The second-order valence-electron chi connectivity index (χ2n) is 4.76. The molecule has 19 heavy (non-hydrogen) atoms. The van der Waals surface area contributed by atoms with E-state index in [9.17, 15) is 4.39 Å². The van der Waals surface area contributed by atoms with Crippen molar-refractivity contribution in [3.05, 3.63) is 65.0 Å². The van der Waals surface area contributed by atoms with E-state index in [-0.39, 0.29) is 12.4 Å². The van der Waals surface area contributed by atoms with Crippen molar-refractivity contribution in [2.45, 2.75) is 20.1 Å². The average molecular weight is 259 g/mol. The molecule has 3 heteroatoms. The molecule has 0 amide bonds. The van der Waals surface area contributed by atoms with Crippen molar-refractivity contribution >= 4 is 5.69 Å². The van der Waals surface area contributed by atoms with Crippen molar-refractivity contribution in [1.29, 1.82) is 0 Å². The summed E-state index contributed by atoms with van der Waals surface area (Å²) in [7, 11) is 1.92. The lowest BCUT2D eigenvalue weighted by atomic mass is 10.1. The number of benzene rings is 2. The third-order valence-corrected chi connectivity index (χ3v) is 3.23. The summed E-state index contributed by atoms with van der Waals surface area (Å²) in [6, 6.07) is 12.8. The van der Waals surface area contributed by atoms with Gasteiger partial charge in [-0.3, -0.25) is 0 Å². The Hall–Kier alpha value is -1.87. The predicted molar refractivity (Wildman–Crippen MR) is 75.6 cm³/mol. The van der Waals surface area contributed by atoms with Crippen LogP contribution in [0.15, 0.2) is 42.5 Å². The highest BCUT2D eigenvalue weighted by molar-refractivity contribution is 5.49. The van der Waals surface area contributed by atoms with Crippen LogP contribution in [0.1, 0.15) is 16.7 Å². The molecule has 0 heterocycles. The van der Waals surface area contributed by atoms with Gasteiger partial charge in [0.25, 0.3) is 0 Å². The van der Waals surface area contributed by atoms with Crippen molar-refractivity contribution in [1.82, 2.24) is 0 Å². The number of hydrogen-bond acceptors (Lipinski definition) is 2. The van der Waals surface area contributed by atoms with Gasteiger partial charge in [-0.25, -0.2) is 4.39 Å². The van der Waals surface area contributed by atoms with Gasteiger partial charge in [0.05, 0.1) is 6.61 Å². The Labute approximate surface area is 113 Å². The zero-order chi connectivity index (χ0) is 13.8. The number of hydrogen-bond donors (Lipinski definition) is 1. The fourth-order valence-electron chi connectivity index (χ4n) is 2.08. The van der Waals surface area contributed by atoms with Crippen LogP contribution < -0.4 is 4.90 Å². The molecule has 0 fully saturated rings. The Morgan fingerprint density at radius 1 is 1.16 bits per heavy atom. The van der Waals surface area contributed by atoms with E-state index in [0.29, 0.717) is 12.1 Å². The molecule has 2 rings (SSSR count). The van der Waals surface area contributed by atoms with Crippen LogP contribution in [0.3, 0.4) is 0 Å². The Morgan fingerprint density at radius 3 is 2.58 bits per heavy atom. The molecular formula is C16H18FNO. The highest BCUT2D eigenvalue weighted by atomic mass is 19.1. The van der Waals surface area contributed by atoms with Crippen LogP contribution in [0.2, 0.25) is 0 Å². The van der Waals surface area contributed by atoms with Gasteiger partial charge in [-0.1, -0.05) is 24.3 Å². The highest BCUT2D eigenvalue weighted by Crippen LogP contribution is 2.20. The largest absolute Gasteiger partial charge is 0.392 e. The monoisotopic (exact) mass is 259 g/mol. The van der Waals surface area contributed by atoms with E-state index in [0.717, 1.165) is 5.69 Å². The van der Waals surface area contributed by atoms with E-state index < -0.39 is 0 Å². The Morgan fingerprint density at radius 2 is 1.89 bits per heavy atom. The average Bonchev–Trinajstić information content (AvgIpc) is 2.40.